The number of carbonyl (C=O) groups is 2. The largest absolute Gasteiger partial charge is 0.573 e. The minimum Gasteiger partial charge on any atom is -0.404 e. The Labute approximate surface area is 233 Å². The number of alkyl halides is 3. The van der Waals surface area contributed by atoms with Gasteiger partial charge in [0.2, 0.25) is 5.91 Å². The molecule has 0 atom stereocenters. The third kappa shape index (κ3) is 5.89. The van der Waals surface area contributed by atoms with E-state index in [0.29, 0.717) is 28.9 Å². The molecule has 1 N–H and O–H groups in total. The lowest BCUT2D eigenvalue weighted by molar-refractivity contribution is -0.274. The monoisotopic (exact) mass is 571 g/mol. The highest BCUT2D eigenvalue weighted by Gasteiger charge is 2.55. The zero-order valence-electron chi connectivity index (χ0n) is 21.6. The number of piperazine rings is 1. The number of nitrogens with zero attached hydrogens (tertiary/aromatic N) is 4. The Balaban J connectivity index is 1.18. The number of hydrogen-bond acceptors (Lipinski definition) is 8. The molecule has 210 valence electrons. The lowest BCUT2D eigenvalue weighted by Crippen LogP contribution is -2.55. The van der Waals surface area contributed by atoms with Crippen LogP contribution in [0.4, 0.5) is 18.9 Å². The molecule has 1 amide bonds. The number of benzene rings is 2. The van der Waals surface area contributed by atoms with Crippen LogP contribution in [-0.4, -0.2) is 75.8 Å². The van der Waals surface area contributed by atoms with Crippen LogP contribution in [0.3, 0.4) is 0 Å². The molecule has 1 aromatic heterocycles. The van der Waals surface area contributed by atoms with E-state index >= 15 is 0 Å². The van der Waals surface area contributed by atoms with Crippen molar-refractivity contribution in [1.82, 2.24) is 20.0 Å². The maximum absolute atomic E-state index is 13.4. The molecule has 2 heterocycles. The number of nitrogens with one attached hydrogen (secondary N) is 1. The van der Waals surface area contributed by atoms with Crippen molar-refractivity contribution in [1.29, 1.82) is 0 Å². The Morgan fingerprint density at radius 1 is 1.02 bits per heavy atom. The fourth-order valence-electron chi connectivity index (χ4n) is 5.28. The number of aromatic nitrogens is 2. The van der Waals surface area contributed by atoms with Crippen LogP contribution in [0.2, 0.25) is 0 Å². The van der Waals surface area contributed by atoms with Crippen LogP contribution in [0.5, 0.6) is 5.75 Å². The van der Waals surface area contributed by atoms with Gasteiger partial charge >= 0.3 is 6.36 Å². The van der Waals surface area contributed by atoms with Gasteiger partial charge in [0.05, 0.1) is 12.1 Å². The molecule has 6 rings (SSSR count). The number of hydrogen-bond donors (Lipinski definition) is 1. The molecule has 0 bridgehead atoms. The van der Waals surface area contributed by atoms with Crippen molar-refractivity contribution in [3.8, 4) is 16.3 Å². The number of carbonyl (C=O) groups excluding carboxylic acids is 2. The number of anilines is 1. The van der Waals surface area contributed by atoms with Gasteiger partial charge in [0, 0.05) is 43.3 Å². The van der Waals surface area contributed by atoms with Gasteiger partial charge in [0.15, 0.2) is 11.5 Å². The standard InChI is InChI=1S/C28H28F3N5O3S/c29-28(30,31)39-23-9-6-19(22(37)17-24-33-34-25(40-24)18-4-2-1-3-5-18)16-21(23)32-26(38)27(10-11-27)36-14-12-35(13-15-36)20-7-8-20/h1-6,9,16,20H,7-8,10-15,17H2,(H,32,38). The van der Waals surface area contributed by atoms with Gasteiger partial charge in [-0.15, -0.1) is 23.4 Å². The summed E-state index contributed by atoms with van der Waals surface area (Å²) in [5.41, 5.74) is 0.0914. The molecule has 2 aliphatic carbocycles. The molecule has 2 aromatic carbocycles. The van der Waals surface area contributed by atoms with E-state index in [9.17, 15) is 22.8 Å². The molecule has 2 saturated carbocycles. The quantitative estimate of drug-likeness (QED) is 0.370. The van der Waals surface area contributed by atoms with Gasteiger partial charge in [-0.3, -0.25) is 19.4 Å². The molecular formula is C28H28F3N5O3S. The second-order valence-corrected chi connectivity index (χ2v) is 11.5. The summed E-state index contributed by atoms with van der Waals surface area (Å²) in [6.07, 6.45) is -1.32. The third-order valence-electron chi connectivity index (χ3n) is 7.70. The van der Waals surface area contributed by atoms with E-state index in [1.165, 1.54) is 36.3 Å². The Kier molecular flexibility index (Phi) is 7.09. The van der Waals surface area contributed by atoms with Crippen molar-refractivity contribution in [3.63, 3.8) is 0 Å². The summed E-state index contributed by atoms with van der Waals surface area (Å²) < 4.78 is 43.7. The average Bonchev–Trinajstić information content (AvgIpc) is 3.87. The maximum Gasteiger partial charge on any atom is 0.573 e. The minimum absolute atomic E-state index is 0.0768. The fourth-order valence-corrected chi connectivity index (χ4v) is 6.12. The molecule has 3 aromatic rings. The minimum atomic E-state index is -4.96. The van der Waals surface area contributed by atoms with Crippen LogP contribution in [0.1, 0.15) is 41.0 Å². The highest BCUT2D eigenvalue weighted by molar-refractivity contribution is 7.14. The van der Waals surface area contributed by atoms with E-state index in [2.05, 4.69) is 30.1 Å². The average molecular weight is 572 g/mol. The maximum atomic E-state index is 13.4. The van der Waals surface area contributed by atoms with Gasteiger partial charge in [0.25, 0.3) is 0 Å². The first-order chi connectivity index (χ1) is 19.2. The molecule has 3 aliphatic rings. The van der Waals surface area contributed by atoms with E-state index < -0.39 is 17.7 Å². The summed E-state index contributed by atoms with van der Waals surface area (Å²) in [7, 11) is 0. The van der Waals surface area contributed by atoms with Crippen molar-refractivity contribution >= 4 is 28.7 Å². The molecular weight excluding hydrogens is 543 g/mol. The number of amides is 1. The summed E-state index contributed by atoms with van der Waals surface area (Å²) in [5, 5.41) is 12.1. The summed E-state index contributed by atoms with van der Waals surface area (Å²) in [6, 6.07) is 13.7. The van der Waals surface area contributed by atoms with Crippen LogP contribution >= 0.6 is 11.3 Å². The highest BCUT2D eigenvalue weighted by Crippen LogP contribution is 2.44. The normalized spacial score (nSPS) is 19.3. The van der Waals surface area contributed by atoms with Gasteiger partial charge in [0.1, 0.15) is 15.6 Å². The second kappa shape index (κ2) is 10.6. The van der Waals surface area contributed by atoms with Crippen LogP contribution in [0, 0.1) is 0 Å². The Bertz CT molecular complexity index is 1400. The van der Waals surface area contributed by atoms with Crippen molar-refractivity contribution in [2.24, 2.45) is 0 Å². The van der Waals surface area contributed by atoms with E-state index in [1.807, 2.05) is 30.3 Å². The fraction of sp³-hybridized carbons (Fsp3) is 0.429. The molecule has 1 saturated heterocycles. The Hall–Kier alpha value is -3.35. The third-order valence-corrected chi connectivity index (χ3v) is 8.68. The van der Waals surface area contributed by atoms with Gasteiger partial charge in [-0.1, -0.05) is 41.7 Å². The zero-order valence-corrected chi connectivity index (χ0v) is 22.4. The summed E-state index contributed by atoms with van der Waals surface area (Å²) in [5.74, 6) is -1.29. The van der Waals surface area contributed by atoms with Gasteiger partial charge < -0.3 is 10.1 Å². The Morgan fingerprint density at radius 3 is 2.40 bits per heavy atom. The molecule has 40 heavy (non-hydrogen) atoms. The smallest absolute Gasteiger partial charge is 0.404 e. The number of ketones is 1. The number of rotatable bonds is 9. The van der Waals surface area contributed by atoms with Gasteiger partial charge in [-0.25, -0.2) is 0 Å². The van der Waals surface area contributed by atoms with E-state index in [4.69, 9.17) is 0 Å². The van der Waals surface area contributed by atoms with Crippen molar-refractivity contribution in [2.45, 2.75) is 50.0 Å². The Morgan fingerprint density at radius 2 is 1.75 bits per heavy atom. The SMILES string of the molecule is O=C(Cc1nnc(-c2ccccc2)s1)c1ccc(OC(F)(F)F)c(NC(=O)C2(N3CCN(C4CC4)CC3)CC2)c1. The number of ether oxygens (including phenoxy) is 1. The molecule has 12 heteroatoms. The molecule has 3 fully saturated rings. The second-order valence-electron chi connectivity index (χ2n) is 10.5. The van der Waals surface area contributed by atoms with Crippen molar-refractivity contribution in [2.75, 3.05) is 31.5 Å². The number of Topliss-reactive ketones (excluding diaryl/α,β-unsaturated/α-hetero) is 1. The summed E-state index contributed by atoms with van der Waals surface area (Å²) >= 11 is 1.27. The zero-order chi connectivity index (χ0) is 27.9. The molecule has 0 radical (unpaired) electrons. The molecule has 8 nitrogen and oxygen atoms in total. The topological polar surface area (TPSA) is 87.7 Å². The van der Waals surface area contributed by atoms with Crippen molar-refractivity contribution in [3.05, 3.63) is 59.1 Å². The summed E-state index contributed by atoms with van der Waals surface area (Å²) in [4.78, 5) is 31.1. The van der Waals surface area contributed by atoms with Crippen LogP contribution in [-0.2, 0) is 11.2 Å². The van der Waals surface area contributed by atoms with E-state index in [-0.39, 0.29) is 29.4 Å². The van der Waals surface area contributed by atoms with Crippen LogP contribution < -0.4 is 10.1 Å². The molecule has 1 aliphatic heterocycles. The van der Waals surface area contributed by atoms with Gasteiger partial charge in [-0.2, -0.15) is 0 Å². The van der Waals surface area contributed by atoms with E-state index in [1.54, 1.807) is 0 Å². The lowest BCUT2D eigenvalue weighted by Gasteiger charge is -2.39. The van der Waals surface area contributed by atoms with E-state index in [0.717, 1.165) is 37.8 Å². The van der Waals surface area contributed by atoms with Crippen LogP contribution in [0.25, 0.3) is 10.6 Å². The van der Waals surface area contributed by atoms with Gasteiger partial charge in [-0.05, 0) is 43.9 Å². The summed E-state index contributed by atoms with van der Waals surface area (Å²) in [6.45, 7) is 3.23. The predicted molar refractivity (Wildman–Crippen MR) is 143 cm³/mol. The van der Waals surface area contributed by atoms with Crippen molar-refractivity contribution < 1.29 is 27.5 Å². The molecule has 0 unspecified atom stereocenters. The predicted octanol–water partition coefficient (Wildman–Crippen LogP) is 4.78. The first-order valence-corrected chi connectivity index (χ1v) is 14.1. The first-order valence-electron chi connectivity index (χ1n) is 13.3. The highest BCUT2D eigenvalue weighted by atomic mass is 32.1. The first kappa shape index (κ1) is 26.9. The number of halogens is 3. The van der Waals surface area contributed by atoms with Crippen LogP contribution in [0.15, 0.2) is 48.5 Å². The molecule has 0 spiro atoms. The lowest BCUT2D eigenvalue weighted by atomic mass is 10.1.